The van der Waals surface area contributed by atoms with Crippen LogP contribution in [0.2, 0.25) is 0 Å². The third-order valence-electron chi connectivity index (χ3n) is 2.01. The molecule has 1 aliphatic heterocycles. The van der Waals surface area contributed by atoms with E-state index < -0.39 is 0 Å². The minimum atomic E-state index is 0.0534. The zero-order chi connectivity index (χ0) is 9.26. The summed E-state index contributed by atoms with van der Waals surface area (Å²) in [6.45, 7) is 1.80. The Labute approximate surface area is 76.3 Å². The number of allylic oxidation sites excluding steroid dienone is 4. The molecule has 0 atom stereocenters. The number of ketones is 1. The summed E-state index contributed by atoms with van der Waals surface area (Å²) in [5.74, 6) is 1.46. The van der Waals surface area contributed by atoms with Crippen molar-refractivity contribution in [2.75, 3.05) is 6.79 Å². The maximum absolute atomic E-state index is 11.1. The minimum Gasteiger partial charge on any atom is -0.454 e. The molecule has 68 valence electrons. The molecular weight excluding hydrogens is 168 g/mol. The topological polar surface area (TPSA) is 35.5 Å². The van der Waals surface area contributed by atoms with Gasteiger partial charge in [-0.15, -0.1) is 0 Å². The van der Waals surface area contributed by atoms with E-state index in [4.69, 9.17) is 9.47 Å². The van der Waals surface area contributed by atoms with Gasteiger partial charge in [-0.1, -0.05) is 6.08 Å². The molecule has 0 saturated carbocycles. The normalized spacial score (nSPS) is 19.9. The van der Waals surface area contributed by atoms with Crippen LogP contribution in [0.1, 0.15) is 13.3 Å². The van der Waals surface area contributed by atoms with Crippen molar-refractivity contribution in [3.63, 3.8) is 0 Å². The lowest BCUT2D eigenvalue weighted by Gasteiger charge is -1.95. The maximum Gasteiger partial charge on any atom is 0.231 e. The predicted molar refractivity (Wildman–Crippen MR) is 46.6 cm³/mol. The van der Waals surface area contributed by atoms with Crippen LogP contribution < -0.4 is 0 Å². The Kier molecular flexibility index (Phi) is 1.93. The molecule has 3 heteroatoms. The second kappa shape index (κ2) is 3.09. The van der Waals surface area contributed by atoms with Crippen LogP contribution in [0.15, 0.2) is 35.3 Å². The summed E-state index contributed by atoms with van der Waals surface area (Å²) >= 11 is 0. The van der Waals surface area contributed by atoms with Crippen molar-refractivity contribution in [2.24, 2.45) is 0 Å². The average molecular weight is 178 g/mol. The van der Waals surface area contributed by atoms with Gasteiger partial charge in [-0.25, -0.2) is 0 Å². The molecule has 1 aliphatic carbocycles. The Morgan fingerprint density at radius 2 is 2.08 bits per heavy atom. The SMILES string of the molecule is CC(=O)C1=CCC=C2OCOC2=C1. The third kappa shape index (κ3) is 1.49. The summed E-state index contributed by atoms with van der Waals surface area (Å²) in [6.07, 6.45) is 6.23. The molecule has 13 heavy (non-hydrogen) atoms. The first kappa shape index (κ1) is 8.10. The van der Waals surface area contributed by atoms with Crippen LogP contribution in [0.3, 0.4) is 0 Å². The van der Waals surface area contributed by atoms with Crippen LogP contribution in [0, 0.1) is 0 Å². The van der Waals surface area contributed by atoms with E-state index in [0.717, 1.165) is 5.76 Å². The first-order valence-electron chi connectivity index (χ1n) is 4.16. The molecule has 0 aromatic heterocycles. The largest absolute Gasteiger partial charge is 0.454 e. The molecule has 2 aliphatic rings. The smallest absolute Gasteiger partial charge is 0.231 e. The Bertz CT molecular complexity index is 334. The number of rotatable bonds is 1. The van der Waals surface area contributed by atoms with Crippen molar-refractivity contribution in [3.05, 3.63) is 35.3 Å². The molecule has 0 bridgehead atoms. The molecule has 1 heterocycles. The fourth-order valence-corrected chi connectivity index (χ4v) is 1.31. The van der Waals surface area contributed by atoms with Gasteiger partial charge in [-0.2, -0.15) is 0 Å². The van der Waals surface area contributed by atoms with Crippen molar-refractivity contribution < 1.29 is 14.3 Å². The van der Waals surface area contributed by atoms with E-state index in [-0.39, 0.29) is 12.6 Å². The van der Waals surface area contributed by atoms with Gasteiger partial charge >= 0.3 is 0 Å². The molecule has 0 aromatic carbocycles. The number of carbonyl (C=O) groups is 1. The molecule has 1 saturated heterocycles. The van der Waals surface area contributed by atoms with Gasteiger partial charge in [0.2, 0.25) is 6.79 Å². The van der Waals surface area contributed by atoms with Gasteiger partial charge in [0.1, 0.15) is 0 Å². The van der Waals surface area contributed by atoms with Crippen LogP contribution in [0.4, 0.5) is 0 Å². The summed E-state index contributed by atoms with van der Waals surface area (Å²) in [5.41, 5.74) is 0.687. The molecule has 1 fully saturated rings. The number of hydrogen-bond acceptors (Lipinski definition) is 3. The first-order valence-corrected chi connectivity index (χ1v) is 4.16. The Morgan fingerprint density at radius 3 is 2.85 bits per heavy atom. The van der Waals surface area contributed by atoms with Gasteiger partial charge in [-0.05, 0) is 25.5 Å². The zero-order valence-electron chi connectivity index (χ0n) is 7.37. The first-order chi connectivity index (χ1) is 6.27. The molecule has 2 rings (SSSR count). The molecule has 0 N–H and O–H groups in total. The summed E-state index contributed by atoms with van der Waals surface area (Å²) in [7, 11) is 0. The van der Waals surface area contributed by atoms with E-state index >= 15 is 0 Å². The fourth-order valence-electron chi connectivity index (χ4n) is 1.31. The van der Waals surface area contributed by atoms with Gasteiger partial charge in [0.15, 0.2) is 17.3 Å². The molecule has 0 spiro atoms. The Balaban J connectivity index is 2.33. The van der Waals surface area contributed by atoms with E-state index in [0.29, 0.717) is 17.8 Å². The van der Waals surface area contributed by atoms with Crippen LogP contribution in [-0.4, -0.2) is 12.6 Å². The average Bonchev–Trinajstić information content (AvgIpc) is 2.42. The van der Waals surface area contributed by atoms with Gasteiger partial charge in [0.25, 0.3) is 0 Å². The fraction of sp³-hybridized carbons (Fsp3) is 0.300. The lowest BCUT2D eigenvalue weighted by atomic mass is 10.1. The maximum atomic E-state index is 11.1. The third-order valence-corrected chi connectivity index (χ3v) is 2.01. The van der Waals surface area contributed by atoms with Crippen LogP contribution in [0.5, 0.6) is 0 Å². The Hall–Kier alpha value is -1.51. The highest BCUT2D eigenvalue weighted by atomic mass is 16.7. The van der Waals surface area contributed by atoms with E-state index in [1.165, 1.54) is 0 Å². The highest BCUT2D eigenvalue weighted by Crippen LogP contribution is 2.25. The summed E-state index contributed by atoms with van der Waals surface area (Å²) in [4.78, 5) is 11.1. The minimum absolute atomic E-state index is 0.0534. The number of fused-ring (bicyclic) bond motifs is 1. The number of carbonyl (C=O) groups excluding carboxylic acids is 1. The summed E-state index contributed by atoms with van der Waals surface area (Å²) in [5, 5.41) is 0. The van der Waals surface area contributed by atoms with Crippen molar-refractivity contribution >= 4 is 5.78 Å². The Morgan fingerprint density at radius 1 is 1.31 bits per heavy atom. The molecule has 0 aromatic rings. The van der Waals surface area contributed by atoms with Crippen molar-refractivity contribution in [3.8, 4) is 0 Å². The van der Waals surface area contributed by atoms with Crippen LogP contribution >= 0.6 is 0 Å². The highest BCUT2D eigenvalue weighted by molar-refractivity contribution is 5.96. The molecule has 0 radical (unpaired) electrons. The lowest BCUT2D eigenvalue weighted by Crippen LogP contribution is -1.94. The van der Waals surface area contributed by atoms with Gasteiger partial charge in [0, 0.05) is 5.57 Å². The standard InChI is InChI=1S/C10H10O3/c1-7(11)8-3-2-4-9-10(5-8)13-6-12-9/h3-5H,2,6H2,1H3. The van der Waals surface area contributed by atoms with E-state index in [9.17, 15) is 4.79 Å². The second-order valence-electron chi connectivity index (χ2n) is 2.93. The molecule has 0 amide bonds. The van der Waals surface area contributed by atoms with Crippen molar-refractivity contribution in [1.29, 1.82) is 0 Å². The molecule has 0 unspecified atom stereocenters. The van der Waals surface area contributed by atoms with Crippen LogP contribution in [-0.2, 0) is 14.3 Å². The van der Waals surface area contributed by atoms with Crippen molar-refractivity contribution in [2.45, 2.75) is 13.3 Å². The van der Waals surface area contributed by atoms with Crippen LogP contribution in [0.25, 0.3) is 0 Å². The monoisotopic (exact) mass is 178 g/mol. The highest BCUT2D eigenvalue weighted by Gasteiger charge is 2.18. The number of ether oxygens (including phenoxy) is 2. The molecular formula is C10H10O3. The van der Waals surface area contributed by atoms with Gasteiger partial charge in [0.05, 0.1) is 0 Å². The quantitative estimate of drug-likeness (QED) is 0.612. The van der Waals surface area contributed by atoms with E-state index in [2.05, 4.69) is 0 Å². The summed E-state index contributed by atoms with van der Waals surface area (Å²) in [6, 6.07) is 0. The molecule has 3 nitrogen and oxygen atoms in total. The van der Waals surface area contributed by atoms with Gasteiger partial charge < -0.3 is 9.47 Å². The number of hydrogen-bond donors (Lipinski definition) is 0. The predicted octanol–water partition coefficient (Wildman–Crippen LogP) is 1.68. The van der Waals surface area contributed by atoms with Crippen molar-refractivity contribution in [1.82, 2.24) is 0 Å². The zero-order valence-corrected chi connectivity index (χ0v) is 7.37. The van der Waals surface area contributed by atoms with E-state index in [1.807, 2.05) is 12.2 Å². The van der Waals surface area contributed by atoms with Gasteiger partial charge in [-0.3, -0.25) is 4.79 Å². The second-order valence-corrected chi connectivity index (χ2v) is 2.93. The van der Waals surface area contributed by atoms with E-state index in [1.54, 1.807) is 13.0 Å². The summed E-state index contributed by atoms with van der Waals surface area (Å²) < 4.78 is 10.4. The number of Topliss-reactive ketones (excluding diaryl/α,β-unsaturated/α-hetero) is 1. The lowest BCUT2D eigenvalue weighted by molar-refractivity contribution is -0.113.